The Bertz CT molecular complexity index is 710. The number of nitro benzene ring substituents is 1. The van der Waals surface area contributed by atoms with Crippen LogP contribution in [0.3, 0.4) is 0 Å². The lowest BCUT2D eigenvalue weighted by Gasteiger charge is -2.40. The lowest BCUT2D eigenvalue weighted by atomic mass is 9.74. The number of halogens is 1. The molecule has 23 heavy (non-hydrogen) atoms. The molecule has 1 fully saturated rings. The number of anilines is 1. The first-order valence-corrected chi connectivity index (χ1v) is 7.75. The van der Waals surface area contributed by atoms with Crippen LogP contribution in [0.1, 0.15) is 25.3 Å². The number of rotatable bonds is 3. The van der Waals surface area contributed by atoms with Crippen LogP contribution in [0, 0.1) is 15.9 Å². The molecule has 1 aliphatic rings. The van der Waals surface area contributed by atoms with E-state index in [1.807, 2.05) is 18.2 Å². The van der Waals surface area contributed by atoms with Crippen LogP contribution in [-0.4, -0.2) is 18.0 Å². The van der Waals surface area contributed by atoms with Gasteiger partial charge in [0.15, 0.2) is 11.5 Å². The Kier molecular flexibility index (Phi) is 4.03. The van der Waals surface area contributed by atoms with Gasteiger partial charge in [0.05, 0.1) is 4.92 Å². The number of nitrogens with zero attached hydrogens (tertiary/aromatic N) is 2. The predicted molar refractivity (Wildman–Crippen MR) is 88.3 cm³/mol. The van der Waals surface area contributed by atoms with Crippen molar-refractivity contribution in [1.82, 2.24) is 0 Å². The second kappa shape index (κ2) is 5.99. The average molecular weight is 314 g/mol. The second-order valence-electron chi connectivity index (χ2n) is 6.28. The second-order valence-corrected chi connectivity index (χ2v) is 6.28. The minimum absolute atomic E-state index is 0.0256. The molecule has 120 valence electrons. The minimum atomic E-state index is -0.525. The predicted octanol–water partition coefficient (Wildman–Crippen LogP) is 4.29. The molecule has 4 nitrogen and oxygen atoms in total. The summed E-state index contributed by atoms with van der Waals surface area (Å²) < 4.78 is 14.2. The van der Waals surface area contributed by atoms with Crippen molar-refractivity contribution in [1.29, 1.82) is 0 Å². The molecule has 0 bridgehead atoms. The van der Waals surface area contributed by atoms with Gasteiger partial charge in [0.25, 0.3) is 5.69 Å². The highest BCUT2D eigenvalue weighted by atomic mass is 19.1. The average Bonchev–Trinajstić information content (AvgIpc) is 2.56. The van der Waals surface area contributed by atoms with E-state index in [-0.39, 0.29) is 16.8 Å². The first kappa shape index (κ1) is 15.5. The Morgan fingerprint density at radius 3 is 2.35 bits per heavy atom. The molecule has 5 heteroatoms. The summed E-state index contributed by atoms with van der Waals surface area (Å²) in [5, 5.41) is 11.2. The molecule has 1 saturated heterocycles. The van der Waals surface area contributed by atoms with E-state index in [2.05, 4.69) is 19.1 Å². The monoisotopic (exact) mass is 314 g/mol. The zero-order chi connectivity index (χ0) is 16.4. The topological polar surface area (TPSA) is 46.4 Å². The molecule has 0 spiro atoms. The first-order valence-electron chi connectivity index (χ1n) is 7.75. The van der Waals surface area contributed by atoms with Crippen molar-refractivity contribution in [3.8, 4) is 0 Å². The van der Waals surface area contributed by atoms with E-state index in [4.69, 9.17) is 0 Å². The summed E-state index contributed by atoms with van der Waals surface area (Å²) >= 11 is 0. The van der Waals surface area contributed by atoms with Gasteiger partial charge in [0, 0.05) is 19.2 Å². The summed E-state index contributed by atoms with van der Waals surface area (Å²) in [5.41, 5.74) is 1.25. The van der Waals surface area contributed by atoms with Crippen molar-refractivity contribution >= 4 is 11.4 Å². The van der Waals surface area contributed by atoms with Crippen LogP contribution in [-0.2, 0) is 5.41 Å². The first-order chi connectivity index (χ1) is 11.0. The Hall–Kier alpha value is -2.43. The highest BCUT2D eigenvalue weighted by Gasteiger charge is 2.34. The van der Waals surface area contributed by atoms with E-state index in [0.29, 0.717) is 13.1 Å². The number of piperidine rings is 1. The number of hydrogen-bond acceptors (Lipinski definition) is 3. The molecule has 0 amide bonds. The van der Waals surface area contributed by atoms with Crippen molar-refractivity contribution in [3.05, 3.63) is 70.0 Å². The van der Waals surface area contributed by atoms with Gasteiger partial charge < -0.3 is 4.90 Å². The third kappa shape index (κ3) is 2.91. The highest BCUT2D eigenvalue weighted by molar-refractivity contribution is 5.64. The lowest BCUT2D eigenvalue weighted by molar-refractivity contribution is -0.384. The molecule has 0 radical (unpaired) electrons. The largest absolute Gasteiger partial charge is 0.364 e. The molecule has 1 aliphatic heterocycles. The number of para-hydroxylation sites is 1. The summed E-state index contributed by atoms with van der Waals surface area (Å²) in [6.45, 7) is 3.41. The molecule has 0 aromatic heterocycles. The molecule has 0 saturated carbocycles. The molecule has 3 rings (SSSR count). The molecule has 0 aliphatic carbocycles. The Morgan fingerprint density at radius 2 is 1.74 bits per heavy atom. The minimum Gasteiger partial charge on any atom is -0.364 e. The van der Waals surface area contributed by atoms with Gasteiger partial charge >= 0.3 is 0 Å². The molecule has 2 aromatic rings. The fourth-order valence-electron chi connectivity index (χ4n) is 3.32. The molecule has 1 heterocycles. The van der Waals surface area contributed by atoms with Gasteiger partial charge in [0.1, 0.15) is 0 Å². The van der Waals surface area contributed by atoms with E-state index >= 15 is 0 Å². The van der Waals surface area contributed by atoms with Crippen LogP contribution >= 0.6 is 0 Å². The van der Waals surface area contributed by atoms with Gasteiger partial charge in [-0.15, -0.1) is 0 Å². The summed E-state index contributed by atoms with van der Waals surface area (Å²) in [6, 6.07) is 14.3. The highest BCUT2D eigenvalue weighted by Crippen LogP contribution is 2.39. The Balaban J connectivity index is 1.84. The summed E-state index contributed by atoms with van der Waals surface area (Å²) in [7, 11) is 0. The van der Waals surface area contributed by atoms with Crippen molar-refractivity contribution in [2.75, 3.05) is 18.0 Å². The summed E-state index contributed by atoms with van der Waals surface area (Å²) in [6.07, 6.45) is 1.67. The maximum atomic E-state index is 14.2. The molecule has 0 atom stereocenters. The maximum absolute atomic E-state index is 14.2. The third-order valence-corrected chi connectivity index (χ3v) is 4.82. The van der Waals surface area contributed by atoms with E-state index in [1.165, 1.54) is 23.8 Å². The van der Waals surface area contributed by atoms with Crippen LogP contribution in [0.15, 0.2) is 48.5 Å². The van der Waals surface area contributed by atoms with E-state index in [9.17, 15) is 14.5 Å². The summed E-state index contributed by atoms with van der Waals surface area (Å²) in [4.78, 5) is 12.5. The van der Waals surface area contributed by atoms with Crippen LogP contribution in [0.4, 0.5) is 15.8 Å². The zero-order valence-corrected chi connectivity index (χ0v) is 13.0. The third-order valence-electron chi connectivity index (χ3n) is 4.82. The van der Waals surface area contributed by atoms with Gasteiger partial charge in [-0.2, -0.15) is 0 Å². The van der Waals surface area contributed by atoms with E-state index in [0.717, 1.165) is 12.8 Å². The molecule has 0 N–H and O–H groups in total. The Labute approximate surface area is 134 Å². The SMILES string of the molecule is CC1(c2ccccc2)CCN(c2c(F)cccc2[N+](=O)[O-])CC1. The van der Waals surface area contributed by atoms with Gasteiger partial charge in [-0.05, 0) is 29.9 Å². The van der Waals surface area contributed by atoms with Gasteiger partial charge in [-0.3, -0.25) is 10.1 Å². The Morgan fingerprint density at radius 1 is 1.09 bits per heavy atom. The maximum Gasteiger partial charge on any atom is 0.295 e. The van der Waals surface area contributed by atoms with Crippen LogP contribution in [0.2, 0.25) is 0 Å². The molecular weight excluding hydrogens is 295 g/mol. The van der Waals surface area contributed by atoms with E-state index < -0.39 is 10.7 Å². The number of hydrogen-bond donors (Lipinski definition) is 0. The van der Waals surface area contributed by atoms with Crippen LogP contribution < -0.4 is 4.90 Å². The fraction of sp³-hybridized carbons (Fsp3) is 0.333. The molecule has 0 unspecified atom stereocenters. The van der Waals surface area contributed by atoms with Crippen molar-refractivity contribution in [2.24, 2.45) is 0 Å². The summed E-state index contributed by atoms with van der Waals surface area (Å²) in [5.74, 6) is -0.525. The van der Waals surface area contributed by atoms with Gasteiger partial charge in [0.2, 0.25) is 0 Å². The van der Waals surface area contributed by atoms with Crippen molar-refractivity contribution < 1.29 is 9.31 Å². The number of benzene rings is 2. The fourth-order valence-corrected chi connectivity index (χ4v) is 3.32. The van der Waals surface area contributed by atoms with Gasteiger partial charge in [-0.1, -0.05) is 43.3 Å². The van der Waals surface area contributed by atoms with E-state index in [1.54, 1.807) is 4.90 Å². The smallest absolute Gasteiger partial charge is 0.295 e. The molecular formula is C18H19FN2O2. The lowest BCUT2D eigenvalue weighted by Crippen LogP contribution is -2.41. The van der Waals surface area contributed by atoms with Crippen LogP contribution in [0.25, 0.3) is 0 Å². The molecule has 2 aromatic carbocycles. The standard InChI is InChI=1S/C18H19FN2O2/c1-18(14-6-3-2-4-7-14)10-12-20(13-11-18)17-15(19)8-5-9-16(17)21(22)23/h2-9H,10-13H2,1H3. The van der Waals surface area contributed by atoms with Crippen molar-refractivity contribution in [3.63, 3.8) is 0 Å². The quantitative estimate of drug-likeness (QED) is 0.627. The number of nitro groups is 1. The van der Waals surface area contributed by atoms with Crippen molar-refractivity contribution in [2.45, 2.75) is 25.2 Å². The van der Waals surface area contributed by atoms with Gasteiger partial charge in [-0.25, -0.2) is 4.39 Å². The normalized spacial score (nSPS) is 17.0. The van der Waals surface area contributed by atoms with Crippen LogP contribution in [0.5, 0.6) is 0 Å². The zero-order valence-electron chi connectivity index (χ0n) is 13.0.